The van der Waals surface area contributed by atoms with Crippen LogP contribution in [0.25, 0.3) is 0 Å². The molecular weight excluding hydrogens is 196 g/mol. The van der Waals surface area contributed by atoms with E-state index in [0.29, 0.717) is 38.0 Å². The number of nitrogens with two attached hydrogens (primary N) is 1. The number of hydrogen-bond acceptors (Lipinski definition) is 6. The highest BCUT2D eigenvalue weighted by molar-refractivity contribution is 5.35. The molecule has 0 atom stereocenters. The normalized spacial score (nSPS) is 10.2. The summed E-state index contributed by atoms with van der Waals surface area (Å²) >= 11 is 0. The van der Waals surface area contributed by atoms with E-state index >= 15 is 0 Å². The van der Waals surface area contributed by atoms with E-state index in [0.717, 1.165) is 0 Å². The SMILES string of the molecule is COCCOCCNc1cnc(N)cn1. The highest BCUT2D eigenvalue weighted by atomic mass is 16.5. The summed E-state index contributed by atoms with van der Waals surface area (Å²) in [4.78, 5) is 7.93. The van der Waals surface area contributed by atoms with Crippen molar-refractivity contribution in [2.45, 2.75) is 0 Å². The van der Waals surface area contributed by atoms with Gasteiger partial charge in [-0.25, -0.2) is 9.97 Å². The molecule has 6 heteroatoms. The maximum atomic E-state index is 5.40. The Morgan fingerprint density at radius 1 is 1.27 bits per heavy atom. The van der Waals surface area contributed by atoms with Crippen LogP contribution in [0.5, 0.6) is 0 Å². The molecule has 0 aliphatic heterocycles. The smallest absolute Gasteiger partial charge is 0.144 e. The number of nitrogen functional groups attached to an aromatic ring is 1. The summed E-state index contributed by atoms with van der Waals surface area (Å²) < 4.78 is 10.1. The van der Waals surface area contributed by atoms with Crippen LogP contribution in [0.4, 0.5) is 11.6 Å². The quantitative estimate of drug-likeness (QED) is 0.625. The summed E-state index contributed by atoms with van der Waals surface area (Å²) in [6.45, 7) is 2.50. The van der Waals surface area contributed by atoms with Gasteiger partial charge in [0, 0.05) is 13.7 Å². The van der Waals surface area contributed by atoms with E-state index in [9.17, 15) is 0 Å². The molecular formula is C9H16N4O2. The van der Waals surface area contributed by atoms with Crippen LogP contribution in [0.1, 0.15) is 0 Å². The zero-order chi connectivity index (χ0) is 10.9. The van der Waals surface area contributed by atoms with Gasteiger partial charge in [0.25, 0.3) is 0 Å². The van der Waals surface area contributed by atoms with Gasteiger partial charge in [0.1, 0.15) is 11.6 Å². The highest BCUT2D eigenvalue weighted by Gasteiger charge is 1.93. The molecule has 0 aliphatic carbocycles. The second kappa shape index (κ2) is 6.97. The van der Waals surface area contributed by atoms with Crippen LogP contribution in [0.2, 0.25) is 0 Å². The van der Waals surface area contributed by atoms with E-state index in [-0.39, 0.29) is 0 Å². The van der Waals surface area contributed by atoms with Crippen LogP contribution < -0.4 is 11.1 Å². The molecule has 3 N–H and O–H groups in total. The van der Waals surface area contributed by atoms with E-state index in [2.05, 4.69) is 15.3 Å². The third-order valence-corrected chi connectivity index (χ3v) is 1.66. The zero-order valence-corrected chi connectivity index (χ0v) is 8.77. The van der Waals surface area contributed by atoms with Gasteiger partial charge >= 0.3 is 0 Å². The minimum Gasteiger partial charge on any atom is -0.382 e. The topological polar surface area (TPSA) is 82.3 Å². The molecule has 0 radical (unpaired) electrons. The van der Waals surface area contributed by atoms with Crippen molar-refractivity contribution in [3.05, 3.63) is 12.4 Å². The zero-order valence-electron chi connectivity index (χ0n) is 8.77. The Balaban J connectivity index is 2.07. The molecule has 6 nitrogen and oxygen atoms in total. The Hall–Kier alpha value is -1.40. The van der Waals surface area contributed by atoms with Gasteiger partial charge in [-0.1, -0.05) is 0 Å². The van der Waals surface area contributed by atoms with Gasteiger partial charge in [-0.2, -0.15) is 0 Å². The van der Waals surface area contributed by atoms with Crippen molar-refractivity contribution in [1.82, 2.24) is 9.97 Å². The molecule has 0 aliphatic rings. The number of hydrogen-bond donors (Lipinski definition) is 2. The average molecular weight is 212 g/mol. The average Bonchev–Trinajstić information content (AvgIpc) is 2.26. The molecule has 1 aromatic heterocycles. The first-order valence-electron chi connectivity index (χ1n) is 4.71. The maximum Gasteiger partial charge on any atom is 0.144 e. The molecule has 1 aromatic rings. The Labute approximate surface area is 88.8 Å². The van der Waals surface area contributed by atoms with Crippen LogP contribution in [0.3, 0.4) is 0 Å². The monoisotopic (exact) mass is 212 g/mol. The molecule has 1 heterocycles. The van der Waals surface area contributed by atoms with Gasteiger partial charge in [0.2, 0.25) is 0 Å². The van der Waals surface area contributed by atoms with E-state index in [1.807, 2.05) is 0 Å². The molecule has 1 rings (SSSR count). The molecule has 0 saturated carbocycles. The van der Waals surface area contributed by atoms with Gasteiger partial charge in [-0.3, -0.25) is 0 Å². The Bertz CT molecular complexity index is 265. The predicted octanol–water partition coefficient (Wildman–Crippen LogP) is 0.134. The van der Waals surface area contributed by atoms with E-state index in [4.69, 9.17) is 15.2 Å². The number of ether oxygens (including phenoxy) is 2. The largest absolute Gasteiger partial charge is 0.382 e. The molecule has 0 unspecified atom stereocenters. The van der Waals surface area contributed by atoms with Crippen LogP contribution in [-0.4, -0.2) is 43.4 Å². The molecule has 15 heavy (non-hydrogen) atoms. The minimum atomic E-state index is 0.414. The molecule has 0 spiro atoms. The van der Waals surface area contributed by atoms with Gasteiger partial charge in [0.15, 0.2) is 0 Å². The number of anilines is 2. The Morgan fingerprint density at radius 3 is 2.80 bits per heavy atom. The molecule has 0 amide bonds. The standard InChI is InChI=1S/C9H16N4O2/c1-14-4-5-15-3-2-11-9-7-12-8(10)6-13-9/h6-7H,2-5H2,1H3,(H2,10,12)(H,11,13). The van der Waals surface area contributed by atoms with Gasteiger partial charge < -0.3 is 20.5 Å². The molecule has 0 fully saturated rings. The summed E-state index contributed by atoms with van der Waals surface area (Å²) in [7, 11) is 1.64. The van der Waals surface area contributed by atoms with Crippen molar-refractivity contribution in [3.63, 3.8) is 0 Å². The number of methoxy groups -OCH3 is 1. The minimum absolute atomic E-state index is 0.414. The van der Waals surface area contributed by atoms with Crippen molar-refractivity contribution in [3.8, 4) is 0 Å². The van der Waals surface area contributed by atoms with Crippen LogP contribution >= 0.6 is 0 Å². The van der Waals surface area contributed by atoms with Crippen LogP contribution in [0, 0.1) is 0 Å². The lowest BCUT2D eigenvalue weighted by Crippen LogP contribution is -2.12. The fraction of sp³-hybridized carbons (Fsp3) is 0.556. The number of nitrogens with one attached hydrogen (secondary N) is 1. The van der Waals surface area contributed by atoms with Gasteiger partial charge in [-0.15, -0.1) is 0 Å². The molecule has 84 valence electrons. The first kappa shape index (κ1) is 11.7. The lowest BCUT2D eigenvalue weighted by atomic mass is 10.6. The highest BCUT2D eigenvalue weighted by Crippen LogP contribution is 2.00. The van der Waals surface area contributed by atoms with Crippen molar-refractivity contribution in [1.29, 1.82) is 0 Å². The summed E-state index contributed by atoms with van der Waals surface area (Å²) in [6.07, 6.45) is 3.10. The number of nitrogens with zero attached hydrogens (tertiary/aromatic N) is 2. The fourth-order valence-electron chi connectivity index (χ4n) is 0.925. The predicted molar refractivity (Wildman–Crippen MR) is 57.6 cm³/mol. The Kier molecular flexibility index (Phi) is 5.42. The Morgan fingerprint density at radius 2 is 2.13 bits per heavy atom. The van der Waals surface area contributed by atoms with E-state index in [1.165, 1.54) is 6.20 Å². The van der Waals surface area contributed by atoms with E-state index < -0.39 is 0 Å². The third kappa shape index (κ3) is 5.14. The van der Waals surface area contributed by atoms with Crippen molar-refractivity contribution < 1.29 is 9.47 Å². The lowest BCUT2D eigenvalue weighted by molar-refractivity contribution is 0.0759. The maximum absolute atomic E-state index is 5.40. The molecule has 0 aromatic carbocycles. The van der Waals surface area contributed by atoms with Crippen molar-refractivity contribution >= 4 is 11.6 Å². The van der Waals surface area contributed by atoms with Gasteiger partial charge in [-0.05, 0) is 0 Å². The first-order valence-corrected chi connectivity index (χ1v) is 4.71. The van der Waals surface area contributed by atoms with E-state index in [1.54, 1.807) is 13.3 Å². The first-order chi connectivity index (χ1) is 7.33. The number of aromatic nitrogens is 2. The summed E-state index contributed by atoms with van der Waals surface area (Å²) in [5.41, 5.74) is 5.40. The summed E-state index contributed by atoms with van der Waals surface area (Å²) in [5, 5.41) is 3.05. The lowest BCUT2D eigenvalue weighted by Gasteiger charge is -2.05. The second-order valence-electron chi connectivity index (χ2n) is 2.86. The summed E-state index contributed by atoms with van der Waals surface area (Å²) in [6, 6.07) is 0. The summed E-state index contributed by atoms with van der Waals surface area (Å²) in [5.74, 6) is 1.11. The van der Waals surface area contributed by atoms with Crippen molar-refractivity contribution in [2.24, 2.45) is 0 Å². The van der Waals surface area contributed by atoms with Crippen LogP contribution in [-0.2, 0) is 9.47 Å². The third-order valence-electron chi connectivity index (χ3n) is 1.66. The molecule has 0 saturated heterocycles. The fourth-order valence-corrected chi connectivity index (χ4v) is 0.925. The second-order valence-corrected chi connectivity index (χ2v) is 2.86. The molecule has 0 bridgehead atoms. The van der Waals surface area contributed by atoms with Crippen molar-refractivity contribution in [2.75, 3.05) is 44.5 Å². The van der Waals surface area contributed by atoms with Gasteiger partial charge in [0.05, 0.1) is 32.2 Å². The number of rotatable bonds is 7. The van der Waals surface area contributed by atoms with Crippen LogP contribution in [0.15, 0.2) is 12.4 Å².